The fraction of sp³-hybridized carbons (Fsp3) is 0.308. The molecule has 0 spiro atoms. The third-order valence-corrected chi connectivity index (χ3v) is 7.09. The van der Waals surface area contributed by atoms with Crippen LogP contribution in [0, 0.1) is 0 Å². The number of pyridine rings is 1. The van der Waals surface area contributed by atoms with E-state index in [2.05, 4.69) is 10.3 Å². The van der Waals surface area contributed by atoms with E-state index in [9.17, 15) is 14.4 Å². The van der Waals surface area contributed by atoms with Crippen LogP contribution in [0.2, 0.25) is 0 Å². The van der Waals surface area contributed by atoms with Crippen molar-refractivity contribution in [2.24, 2.45) is 0 Å². The quantitative estimate of drug-likeness (QED) is 0.475. The number of anilines is 1. The highest BCUT2D eigenvalue weighted by atomic mass is 32.1. The number of aryl methyl sites for hydroxylation is 1. The average molecular weight is 494 g/mol. The summed E-state index contributed by atoms with van der Waals surface area (Å²) in [5.41, 5.74) is 2.50. The van der Waals surface area contributed by atoms with Crippen molar-refractivity contribution < 1.29 is 23.9 Å². The van der Waals surface area contributed by atoms with Crippen LogP contribution in [0.15, 0.2) is 48.8 Å². The number of fused-ring (bicyclic) bond motifs is 1. The fourth-order valence-corrected chi connectivity index (χ4v) is 5.30. The van der Waals surface area contributed by atoms with Crippen molar-refractivity contribution >= 4 is 34.1 Å². The van der Waals surface area contributed by atoms with Crippen molar-refractivity contribution in [1.29, 1.82) is 0 Å². The monoisotopic (exact) mass is 493 g/mol. The molecule has 1 aliphatic rings. The van der Waals surface area contributed by atoms with Gasteiger partial charge in [-0.25, -0.2) is 4.79 Å². The van der Waals surface area contributed by atoms with E-state index in [1.807, 2.05) is 24.3 Å². The predicted molar refractivity (Wildman–Crippen MR) is 133 cm³/mol. The lowest BCUT2D eigenvalue weighted by molar-refractivity contribution is -0.133. The molecule has 2 aromatic heterocycles. The van der Waals surface area contributed by atoms with Crippen LogP contribution in [0.25, 0.3) is 0 Å². The van der Waals surface area contributed by atoms with E-state index in [0.717, 1.165) is 41.7 Å². The largest absolute Gasteiger partial charge is 0.496 e. The molecule has 182 valence electrons. The zero-order valence-corrected chi connectivity index (χ0v) is 20.5. The molecular weight excluding hydrogens is 466 g/mol. The second-order valence-corrected chi connectivity index (χ2v) is 9.35. The predicted octanol–water partition coefficient (Wildman–Crippen LogP) is 4.10. The number of carbonyl (C=O) groups excluding carboxylic acids is 3. The smallest absolute Gasteiger partial charge is 0.341 e. The normalized spacial score (nSPS) is 12.4. The van der Waals surface area contributed by atoms with Gasteiger partial charge in [0, 0.05) is 36.4 Å². The summed E-state index contributed by atoms with van der Waals surface area (Å²) in [6, 6.07) is 10.8. The van der Waals surface area contributed by atoms with E-state index in [-0.39, 0.29) is 11.8 Å². The maximum absolute atomic E-state index is 13.1. The minimum absolute atomic E-state index is 0.320. The third-order valence-electron chi connectivity index (χ3n) is 5.88. The molecule has 35 heavy (non-hydrogen) atoms. The van der Waals surface area contributed by atoms with Gasteiger partial charge in [-0.15, -0.1) is 11.3 Å². The Labute approximate surface area is 207 Å². The molecule has 9 heteroatoms. The lowest BCUT2D eigenvalue weighted by Crippen LogP contribution is -2.31. The second-order valence-electron chi connectivity index (χ2n) is 8.25. The number of esters is 1. The topological polar surface area (TPSA) is 97.8 Å². The van der Waals surface area contributed by atoms with E-state index < -0.39 is 12.6 Å². The zero-order valence-electron chi connectivity index (χ0n) is 19.7. The van der Waals surface area contributed by atoms with Gasteiger partial charge in [0.2, 0.25) is 0 Å². The Balaban J connectivity index is 1.46. The number of ether oxygens (including phenoxy) is 2. The molecule has 4 rings (SSSR count). The van der Waals surface area contributed by atoms with Gasteiger partial charge in [-0.2, -0.15) is 0 Å². The molecule has 0 aliphatic heterocycles. The molecule has 3 aromatic rings. The molecule has 0 atom stereocenters. The SMILES string of the molecule is COc1ccccc1CN(C)C(=O)COC(=O)c1c(NC(=O)c2cccnc2)sc2c1CCCC2. The summed E-state index contributed by atoms with van der Waals surface area (Å²) in [6.07, 6.45) is 6.64. The van der Waals surface area contributed by atoms with Gasteiger partial charge in [-0.3, -0.25) is 14.6 Å². The summed E-state index contributed by atoms with van der Waals surface area (Å²) in [4.78, 5) is 45.1. The molecule has 0 bridgehead atoms. The summed E-state index contributed by atoms with van der Waals surface area (Å²) in [5.74, 6) is -0.611. The Morgan fingerprint density at radius 1 is 1.11 bits per heavy atom. The van der Waals surface area contributed by atoms with E-state index in [1.54, 1.807) is 32.5 Å². The number of nitrogens with one attached hydrogen (secondary N) is 1. The van der Waals surface area contributed by atoms with E-state index in [0.29, 0.717) is 28.4 Å². The molecule has 2 amide bonds. The lowest BCUT2D eigenvalue weighted by atomic mass is 9.95. The molecule has 1 aliphatic carbocycles. The molecule has 0 saturated heterocycles. The number of carbonyl (C=O) groups is 3. The number of likely N-dealkylation sites (N-methyl/N-ethyl adjacent to an activating group) is 1. The Bertz CT molecular complexity index is 1220. The molecule has 0 radical (unpaired) electrons. The summed E-state index contributed by atoms with van der Waals surface area (Å²) in [5, 5.41) is 3.30. The van der Waals surface area contributed by atoms with Crippen molar-refractivity contribution in [2.45, 2.75) is 32.2 Å². The number of hydrogen-bond donors (Lipinski definition) is 1. The number of amides is 2. The van der Waals surface area contributed by atoms with Crippen LogP contribution >= 0.6 is 11.3 Å². The van der Waals surface area contributed by atoms with Crippen molar-refractivity contribution in [2.75, 3.05) is 26.1 Å². The Kier molecular flexibility index (Phi) is 7.77. The highest BCUT2D eigenvalue weighted by molar-refractivity contribution is 7.17. The standard InChI is InChI=1S/C26H27N3O5S/c1-29(15-18-8-3-5-11-20(18)33-2)22(30)16-34-26(32)23-19-10-4-6-12-21(19)35-25(23)28-24(31)17-9-7-13-27-14-17/h3,5,7-9,11,13-14H,4,6,10,12,15-16H2,1-2H3,(H,28,31). The van der Waals surface area contributed by atoms with Crippen LogP contribution in [0.5, 0.6) is 5.75 Å². The van der Waals surface area contributed by atoms with E-state index in [4.69, 9.17) is 9.47 Å². The number of aromatic nitrogens is 1. The summed E-state index contributed by atoms with van der Waals surface area (Å²) >= 11 is 1.40. The van der Waals surface area contributed by atoms with Crippen molar-refractivity contribution in [1.82, 2.24) is 9.88 Å². The van der Waals surface area contributed by atoms with Gasteiger partial charge in [-0.05, 0) is 49.4 Å². The first-order valence-electron chi connectivity index (χ1n) is 11.4. The van der Waals surface area contributed by atoms with Crippen LogP contribution in [0.4, 0.5) is 5.00 Å². The van der Waals surface area contributed by atoms with Crippen LogP contribution in [0.3, 0.4) is 0 Å². The van der Waals surface area contributed by atoms with Crippen molar-refractivity contribution in [3.8, 4) is 5.75 Å². The maximum atomic E-state index is 13.1. The number of hydrogen-bond acceptors (Lipinski definition) is 7. The van der Waals surface area contributed by atoms with Crippen LogP contribution < -0.4 is 10.1 Å². The third kappa shape index (κ3) is 5.68. The first kappa shape index (κ1) is 24.4. The Hall–Kier alpha value is -3.72. The van der Waals surface area contributed by atoms with Gasteiger partial charge in [0.15, 0.2) is 6.61 Å². The highest BCUT2D eigenvalue weighted by Crippen LogP contribution is 2.38. The van der Waals surface area contributed by atoms with Crippen LogP contribution in [-0.2, 0) is 28.9 Å². The van der Waals surface area contributed by atoms with Crippen LogP contribution in [-0.4, -0.2) is 48.4 Å². The van der Waals surface area contributed by atoms with Gasteiger partial charge in [0.25, 0.3) is 11.8 Å². The summed E-state index contributed by atoms with van der Waals surface area (Å²) in [6.45, 7) is -0.0776. The molecular formula is C26H27N3O5S. The number of thiophene rings is 1. The van der Waals surface area contributed by atoms with Gasteiger partial charge in [0.1, 0.15) is 10.8 Å². The van der Waals surface area contributed by atoms with Gasteiger partial charge in [-0.1, -0.05) is 18.2 Å². The van der Waals surface area contributed by atoms with E-state index in [1.165, 1.54) is 22.4 Å². The Morgan fingerprint density at radius 2 is 1.91 bits per heavy atom. The zero-order chi connectivity index (χ0) is 24.8. The number of methoxy groups -OCH3 is 1. The van der Waals surface area contributed by atoms with Gasteiger partial charge in [0.05, 0.1) is 18.2 Å². The molecule has 0 fully saturated rings. The number of para-hydroxylation sites is 1. The minimum atomic E-state index is -0.607. The molecule has 1 aromatic carbocycles. The average Bonchev–Trinajstić information content (AvgIpc) is 3.25. The molecule has 2 heterocycles. The van der Waals surface area contributed by atoms with Gasteiger partial charge >= 0.3 is 5.97 Å². The summed E-state index contributed by atoms with van der Waals surface area (Å²) in [7, 11) is 3.23. The fourth-order valence-electron chi connectivity index (χ4n) is 4.03. The lowest BCUT2D eigenvalue weighted by Gasteiger charge is -2.19. The van der Waals surface area contributed by atoms with Gasteiger partial charge < -0.3 is 19.7 Å². The molecule has 1 N–H and O–H groups in total. The summed E-state index contributed by atoms with van der Waals surface area (Å²) < 4.78 is 10.8. The van der Waals surface area contributed by atoms with Crippen LogP contribution in [0.1, 0.15) is 49.6 Å². The van der Waals surface area contributed by atoms with E-state index >= 15 is 0 Å². The molecule has 0 unspecified atom stereocenters. The Morgan fingerprint density at radius 3 is 2.69 bits per heavy atom. The highest BCUT2D eigenvalue weighted by Gasteiger charge is 2.28. The number of benzene rings is 1. The first-order valence-corrected chi connectivity index (χ1v) is 12.2. The minimum Gasteiger partial charge on any atom is -0.496 e. The van der Waals surface area contributed by atoms with Crippen molar-refractivity contribution in [3.05, 3.63) is 75.9 Å². The molecule has 8 nitrogen and oxygen atoms in total. The second kappa shape index (κ2) is 11.1. The number of nitrogens with zero attached hydrogens (tertiary/aromatic N) is 2. The first-order chi connectivity index (χ1) is 17.0. The maximum Gasteiger partial charge on any atom is 0.341 e. The van der Waals surface area contributed by atoms with Crippen molar-refractivity contribution in [3.63, 3.8) is 0 Å². The molecule has 0 saturated carbocycles. The number of rotatable bonds is 8.